The highest BCUT2D eigenvalue weighted by Gasteiger charge is 2.38. The second-order valence-electron chi connectivity index (χ2n) is 6.88. The van der Waals surface area contributed by atoms with Gasteiger partial charge in [0.15, 0.2) is 5.65 Å². The lowest BCUT2D eigenvalue weighted by Crippen LogP contribution is -2.34. The second-order valence-corrected chi connectivity index (χ2v) is 6.88. The van der Waals surface area contributed by atoms with Gasteiger partial charge in [-0.3, -0.25) is 0 Å². The van der Waals surface area contributed by atoms with Crippen LogP contribution in [0.25, 0.3) is 16.7 Å². The molecule has 1 aliphatic rings. The molecule has 1 aliphatic heterocycles. The summed E-state index contributed by atoms with van der Waals surface area (Å²) in [5.74, 6) is 0.623. The zero-order valence-corrected chi connectivity index (χ0v) is 14.7. The van der Waals surface area contributed by atoms with E-state index in [9.17, 15) is 13.2 Å². The van der Waals surface area contributed by atoms with E-state index in [-0.39, 0.29) is 11.6 Å². The molecule has 0 saturated carbocycles. The monoisotopic (exact) mass is 387 g/mol. The average molecular weight is 387 g/mol. The maximum atomic E-state index is 13.1. The van der Waals surface area contributed by atoms with Gasteiger partial charge in [0.25, 0.3) is 5.82 Å². The van der Waals surface area contributed by atoms with Crippen LogP contribution in [0.1, 0.15) is 30.4 Å². The summed E-state index contributed by atoms with van der Waals surface area (Å²) in [5, 5.41) is 10.9. The number of para-hydroxylation sites is 2. The first-order chi connectivity index (χ1) is 13.5. The first-order valence-corrected chi connectivity index (χ1v) is 8.98. The van der Waals surface area contributed by atoms with Crippen LogP contribution in [-0.4, -0.2) is 42.9 Å². The van der Waals surface area contributed by atoms with Gasteiger partial charge in [-0.05, 0) is 37.1 Å². The molecular formula is C18H16F3N7. The van der Waals surface area contributed by atoms with E-state index in [0.29, 0.717) is 18.9 Å². The van der Waals surface area contributed by atoms with Crippen LogP contribution in [0.2, 0.25) is 0 Å². The Morgan fingerprint density at radius 2 is 1.79 bits per heavy atom. The van der Waals surface area contributed by atoms with Gasteiger partial charge in [0, 0.05) is 19.0 Å². The number of hydrogen-bond donors (Lipinski definition) is 1. The number of imidazole rings is 1. The number of aromatic amines is 1. The van der Waals surface area contributed by atoms with Crippen molar-refractivity contribution in [3.8, 4) is 0 Å². The van der Waals surface area contributed by atoms with Crippen molar-refractivity contribution in [2.45, 2.75) is 24.9 Å². The van der Waals surface area contributed by atoms with Crippen molar-refractivity contribution in [2.75, 3.05) is 18.0 Å². The topological polar surface area (TPSA) is 75.0 Å². The van der Waals surface area contributed by atoms with Crippen molar-refractivity contribution in [3.05, 3.63) is 48.0 Å². The fourth-order valence-corrected chi connectivity index (χ4v) is 3.67. The van der Waals surface area contributed by atoms with Gasteiger partial charge < -0.3 is 9.88 Å². The molecular weight excluding hydrogens is 371 g/mol. The summed E-state index contributed by atoms with van der Waals surface area (Å²) in [7, 11) is 0. The van der Waals surface area contributed by atoms with E-state index in [1.165, 1.54) is 6.07 Å². The number of hydrogen-bond acceptors (Lipinski definition) is 5. The van der Waals surface area contributed by atoms with E-state index >= 15 is 0 Å². The molecule has 1 saturated heterocycles. The van der Waals surface area contributed by atoms with Crippen molar-refractivity contribution in [2.24, 2.45) is 0 Å². The van der Waals surface area contributed by atoms with Crippen LogP contribution in [0.4, 0.5) is 19.0 Å². The first kappa shape index (κ1) is 17.0. The Morgan fingerprint density at radius 1 is 1.00 bits per heavy atom. The molecule has 1 N–H and O–H groups in total. The van der Waals surface area contributed by atoms with Crippen LogP contribution < -0.4 is 4.90 Å². The van der Waals surface area contributed by atoms with Gasteiger partial charge in [0.1, 0.15) is 11.6 Å². The van der Waals surface area contributed by atoms with E-state index < -0.39 is 12.0 Å². The van der Waals surface area contributed by atoms with Gasteiger partial charge in [0.2, 0.25) is 0 Å². The summed E-state index contributed by atoms with van der Waals surface area (Å²) in [6, 6.07) is 11.1. The van der Waals surface area contributed by atoms with E-state index in [4.69, 9.17) is 0 Å². The zero-order chi connectivity index (χ0) is 19.3. The van der Waals surface area contributed by atoms with Gasteiger partial charge in [-0.25, -0.2) is 4.98 Å². The highest BCUT2D eigenvalue weighted by molar-refractivity contribution is 5.74. The summed E-state index contributed by atoms with van der Waals surface area (Å²) < 4.78 is 40.0. The molecule has 0 aliphatic carbocycles. The van der Waals surface area contributed by atoms with Crippen molar-refractivity contribution in [1.29, 1.82) is 0 Å². The lowest BCUT2D eigenvalue weighted by molar-refractivity contribution is -0.146. The molecule has 0 amide bonds. The van der Waals surface area contributed by atoms with Crippen LogP contribution in [-0.2, 0) is 6.18 Å². The number of fused-ring (bicyclic) bond motifs is 2. The number of rotatable bonds is 2. The molecule has 0 spiro atoms. The van der Waals surface area contributed by atoms with Crippen LogP contribution in [0.3, 0.4) is 0 Å². The molecule has 4 heterocycles. The minimum atomic E-state index is -4.60. The van der Waals surface area contributed by atoms with Gasteiger partial charge in [-0.1, -0.05) is 12.1 Å². The standard InChI is InChI=1S/C18H16F3N7/c19-18(20,21)17-25-24-14-5-6-15(26-28(14)17)27-9-7-11(8-10-27)16-22-12-3-1-2-4-13(12)23-16/h1-6,11H,7-10H2,(H,22,23). The summed E-state index contributed by atoms with van der Waals surface area (Å²) in [4.78, 5) is 10.0. The third-order valence-electron chi connectivity index (χ3n) is 5.12. The lowest BCUT2D eigenvalue weighted by Gasteiger charge is -2.31. The molecule has 0 bridgehead atoms. The smallest absolute Gasteiger partial charge is 0.355 e. The molecule has 1 fully saturated rings. The van der Waals surface area contributed by atoms with Crippen LogP contribution in [0, 0.1) is 0 Å². The Bertz CT molecular complexity index is 1110. The quantitative estimate of drug-likeness (QED) is 0.571. The van der Waals surface area contributed by atoms with Gasteiger partial charge in [-0.2, -0.15) is 17.7 Å². The number of piperidine rings is 1. The van der Waals surface area contributed by atoms with Gasteiger partial charge >= 0.3 is 6.18 Å². The summed E-state index contributed by atoms with van der Waals surface area (Å²) in [5.41, 5.74) is 2.03. The van der Waals surface area contributed by atoms with Crippen molar-refractivity contribution in [3.63, 3.8) is 0 Å². The van der Waals surface area contributed by atoms with Gasteiger partial charge in [0.05, 0.1) is 11.0 Å². The molecule has 144 valence electrons. The third-order valence-corrected chi connectivity index (χ3v) is 5.12. The number of alkyl halides is 3. The molecule has 1 aromatic carbocycles. The molecule has 7 nitrogen and oxygen atoms in total. The van der Waals surface area contributed by atoms with Crippen LogP contribution >= 0.6 is 0 Å². The number of benzene rings is 1. The van der Waals surface area contributed by atoms with Crippen molar-refractivity contribution in [1.82, 2.24) is 29.8 Å². The number of aromatic nitrogens is 6. The predicted molar refractivity (Wildman–Crippen MR) is 96.1 cm³/mol. The fraction of sp³-hybridized carbons (Fsp3) is 0.333. The highest BCUT2D eigenvalue weighted by atomic mass is 19.4. The second kappa shape index (κ2) is 6.18. The Morgan fingerprint density at radius 3 is 2.54 bits per heavy atom. The summed E-state index contributed by atoms with van der Waals surface area (Å²) in [6.45, 7) is 1.37. The summed E-state index contributed by atoms with van der Waals surface area (Å²) >= 11 is 0. The number of anilines is 1. The molecule has 0 radical (unpaired) electrons. The van der Waals surface area contributed by atoms with Crippen LogP contribution in [0.5, 0.6) is 0 Å². The van der Waals surface area contributed by atoms with Crippen molar-refractivity contribution < 1.29 is 13.2 Å². The van der Waals surface area contributed by atoms with E-state index in [0.717, 1.165) is 34.2 Å². The molecule has 4 aromatic rings. The maximum Gasteiger partial charge on any atom is 0.453 e. The normalized spacial score (nSPS) is 16.3. The minimum Gasteiger partial charge on any atom is -0.355 e. The SMILES string of the molecule is FC(F)(F)c1nnc2ccc(N3CCC(c4nc5ccccc5[nH]4)CC3)nn12. The Hall–Kier alpha value is -3.17. The summed E-state index contributed by atoms with van der Waals surface area (Å²) in [6.07, 6.45) is -2.92. The molecule has 5 rings (SSSR count). The lowest BCUT2D eigenvalue weighted by atomic mass is 9.96. The first-order valence-electron chi connectivity index (χ1n) is 8.98. The molecule has 28 heavy (non-hydrogen) atoms. The predicted octanol–water partition coefficient (Wildman–Crippen LogP) is 3.40. The fourth-order valence-electron chi connectivity index (χ4n) is 3.67. The number of nitrogens with zero attached hydrogens (tertiary/aromatic N) is 6. The van der Waals surface area contributed by atoms with Crippen LogP contribution in [0.15, 0.2) is 36.4 Å². The minimum absolute atomic E-state index is 0.0771. The van der Waals surface area contributed by atoms with Gasteiger partial charge in [-0.15, -0.1) is 15.3 Å². The number of nitrogens with one attached hydrogen (secondary N) is 1. The van der Waals surface area contributed by atoms with Crippen molar-refractivity contribution >= 4 is 22.5 Å². The molecule has 3 aromatic heterocycles. The largest absolute Gasteiger partial charge is 0.453 e. The zero-order valence-electron chi connectivity index (χ0n) is 14.7. The molecule has 0 unspecified atom stereocenters. The van der Waals surface area contributed by atoms with E-state index in [1.54, 1.807) is 6.07 Å². The Kier molecular flexibility index (Phi) is 3.74. The molecule has 10 heteroatoms. The maximum absolute atomic E-state index is 13.1. The Balaban J connectivity index is 1.36. The van der Waals surface area contributed by atoms with E-state index in [2.05, 4.69) is 25.3 Å². The number of halogens is 3. The Labute approximate surface area is 157 Å². The average Bonchev–Trinajstić information content (AvgIpc) is 3.31. The number of H-pyrrole nitrogens is 1. The molecule has 0 atom stereocenters. The highest BCUT2D eigenvalue weighted by Crippen LogP contribution is 2.31. The third kappa shape index (κ3) is 2.85. The van der Waals surface area contributed by atoms with E-state index in [1.807, 2.05) is 29.2 Å².